The Morgan fingerprint density at radius 3 is 2.43 bits per heavy atom. The molecule has 0 heterocycles. The Balaban J connectivity index is 0. The van der Waals surface area contributed by atoms with Crippen LogP contribution >= 0.6 is 0 Å². The molecule has 0 aromatic carbocycles. The van der Waals surface area contributed by atoms with Crippen LogP contribution in [0.2, 0.25) is 0 Å². The fourth-order valence-corrected chi connectivity index (χ4v) is 1.24. The maximum absolute atomic E-state index is 10.8. The van der Waals surface area contributed by atoms with Crippen molar-refractivity contribution < 1.29 is 53.5 Å². The molecule has 70 valence electrons. The Hall–Kier alpha value is -0.560. The molecule has 1 aliphatic rings. The zero-order valence-corrected chi connectivity index (χ0v) is 10.0. The van der Waals surface area contributed by atoms with Crippen molar-refractivity contribution in [2.24, 2.45) is 0 Å². The van der Waals surface area contributed by atoms with E-state index in [-0.39, 0.29) is 31.0 Å². The molecule has 1 aliphatic carbocycles. The van der Waals surface area contributed by atoms with E-state index in [4.69, 9.17) is 10.1 Å². The molecule has 0 saturated heterocycles. The molecule has 0 saturated carbocycles. The van der Waals surface area contributed by atoms with Gasteiger partial charge >= 0.3 is 35.3 Å². The molecule has 0 spiro atoms. The molecule has 0 fully saturated rings. The first kappa shape index (κ1) is 13.4. The average Bonchev–Trinajstić information content (AvgIpc) is 2.03. The quantitative estimate of drug-likeness (QED) is 0.165. The van der Waals surface area contributed by atoms with E-state index in [0.717, 1.165) is 18.2 Å². The smallest absolute Gasteiger partial charge is 1.00 e. The van der Waals surface area contributed by atoms with Gasteiger partial charge in [-0.1, -0.05) is 0 Å². The Labute approximate surface area is 103 Å². The van der Waals surface area contributed by atoms with E-state index < -0.39 is 26.5 Å². The van der Waals surface area contributed by atoms with Gasteiger partial charge in [0, 0.05) is 0 Å². The van der Waals surface area contributed by atoms with Crippen LogP contribution in [0.15, 0.2) is 23.1 Å². The number of rotatable bonds is 1. The molecule has 1 N–H and O–H groups in total. The molecule has 8 heteroatoms. The van der Waals surface area contributed by atoms with Crippen LogP contribution in [0.1, 0.15) is 1.43 Å². The summed E-state index contributed by atoms with van der Waals surface area (Å²) in [4.78, 5) is 12.9. The summed E-state index contributed by atoms with van der Waals surface area (Å²) in [5.41, 5.74) is 7.82. The first-order valence-electron chi connectivity index (χ1n) is 3.09. The summed E-state index contributed by atoms with van der Waals surface area (Å²) >= 11 is 0. The zero-order valence-electron chi connectivity index (χ0n) is 8.21. The summed E-state index contributed by atoms with van der Waals surface area (Å²) in [6.45, 7) is 0. The topological polar surface area (TPSA) is 108 Å². The van der Waals surface area contributed by atoms with E-state index in [1.165, 1.54) is 0 Å². The summed E-state index contributed by atoms with van der Waals surface area (Å²) in [6.07, 6.45) is 2.59. The first-order chi connectivity index (χ1) is 5.95. The van der Waals surface area contributed by atoms with Crippen molar-refractivity contribution in [2.75, 3.05) is 0 Å². The van der Waals surface area contributed by atoms with Crippen LogP contribution in [0.25, 0.3) is 5.53 Å². The van der Waals surface area contributed by atoms with Crippen molar-refractivity contribution in [1.29, 1.82) is 0 Å². The molecule has 6 nitrogen and oxygen atoms in total. The molecule has 0 radical (unpaired) electrons. The van der Waals surface area contributed by atoms with E-state index >= 15 is 0 Å². The van der Waals surface area contributed by atoms with Gasteiger partial charge in [-0.2, -0.15) is 13.2 Å². The van der Waals surface area contributed by atoms with Crippen LogP contribution in [-0.2, 0) is 14.9 Å². The van der Waals surface area contributed by atoms with Crippen molar-refractivity contribution in [3.05, 3.63) is 28.7 Å². The first-order valence-corrected chi connectivity index (χ1v) is 4.53. The number of hydrogen-bond acceptors (Lipinski definition) is 3. The maximum Gasteiger partial charge on any atom is 1.00 e. The summed E-state index contributed by atoms with van der Waals surface area (Å²) in [5, 5.41) is 0. The molecule has 0 atom stereocenters. The second-order valence-electron chi connectivity index (χ2n) is 2.20. The molecular weight excluding hydrogens is 219 g/mol. The van der Waals surface area contributed by atoms with Gasteiger partial charge in [-0.15, -0.1) is 0 Å². The Bertz CT molecular complexity index is 475. The van der Waals surface area contributed by atoms with Gasteiger partial charge < -0.3 is 6.96 Å². The van der Waals surface area contributed by atoms with E-state index in [1.807, 2.05) is 0 Å². The second-order valence-corrected chi connectivity index (χ2v) is 3.63. The van der Waals surface area contributed by atoms with Crippen molar-refractivity contribution in [2.45, 2.75) is 0 Å². The molecule has 0 aromatic rings. The Morgan fingerprint density at radius 1 is 1.43 bits per heavy atom. The number of carbonyl (C=O) groups is 1. The third kappa shape index (κ3) is 2.98. The van der Waals surface area contributed by atoms with Crippen LogP contribution in [0.3, 0.4) is 0 Å². The van der Waals surface area contributed by atoms with Gasteiger partial charge in [-0.05, 0) is 12.2 Å². The molecule has 0 aromatic heterocycles. The van der Waals surface area contributed by atoms with Crippen molar-refractivity contribution in [1.82, 2.24) is 0 Å². The van der Waals surface area contributed by atoms with Gasteiger partial charge in [0.2, 0.25) is 0 Å². The molecular formula is C6H5N2NaO4S. The normalized spacial score (nSPS) is 15.6. The average molecular weight is 224 g/mol. The zero-order chi connectivity index (χ0) is 10.1. The van der Waals surface area contributed by atoms with Gasteiger partial charge in [-0.3, -0.25) is 9.35 Å². The molecule has 0 bridgehead atoms. The summed E-state index contributed by atoms with van der Waals surface area (Å²) in [7, 11) is -4.36. The number of ketones is 1. The summed E-state index contributed by atoms with van der Waals surface area (Å²) in [5.74, 6) is -0.630. The van der Waals surface area contributed by atoms with Gasteiger partial charge in [0.1, 0.15) is 4.91 Å². The second kappa shape index (κ2) is 4.79. The van der Waals surface area contributed by atoms with E-state index in [2.05, 4.69) is 4.79 Å². The number of nitrogens with zero attached hydrogens (tertiary/aromatic N) is 2. The maximum atomic E-state index is 10.8. The minimum atomic E-state index is -4.36. The Morgan fingerprint density at radius 2 is 2.00 bits per heavy atom. The van der Waals surface area contributed by atoms with Crippen LogP contribution in [-0.4, -0.2) is 29.3 Å². The molecule has 14 heavy (non-hydrogen) atoms. The van der Waals surface area contributed by atoms with Gasteiger partial charge in [0.05, 0.1) is 6.08 Å². The number of hydrogen-bond donors (Lipinski definition) is 1. The Kier molecular flexibility index (Phi) is 4.60. The fraction of sp³-hybridized carbons (Fsp3) is 0. The molecule has 1 rings (SSSR count). The molecule has 0 amide bonds. The van der Waals surface area contributed by atoms with Gasteiger partial charge in [-0.25, -0.2) is 0 Å². The predicted molar refractivity (Wildman–Crippen MR) is 43.5 cm³/mol. The predicted octanol–water partition coefficient (Wildman–Crippen LogP) is -3.32. The van der Waals surface area contributed by atoms with Crippen LogP contribution in [0.5, 0.6) is 0 Å². The van der Waals surface area contributed by atoms with Crippen LogP contribution in [0.4, 0.5) is 0 Å². The number of carbonyl (C=O) groups excluding carboxylic acids is 1. The minimum Gasteiger partial charge on any atom is -1.00 e. The third-order valence-corrected chi connectivity index (χ3v) is 2.19. The van der Waals surface area contributed by atoms with E-state index in [1.54, 1.807) is 0 Å². The van der Waals surface area contributed by atoms with Crippen molar-refractivity contribution in [3.63, 3.8) is 0 Å². The molecule has 0 aliphatic heterocycles. The minimum absolute atomic E-state index is 0. The molecule has 0 unspecified atom stereocenters. The fourth-order valence-electron chi connectivity index (χ4n) is 0.736. The van der Waals surface area contributed by atoms with E-state index in [9.17, 15) is 13.2 Å². The van der Waals surface area contributed by atoms with E-state index in [0.29, 0.717) is 0 Å². The van der Waals surface area contributed by atoms with Gasteiger partial charge in [0.15, 0.2) is 0 Å². The summed E-state index contributed by atoms with van der Waals surface area (Å²) < 4.78 is 29.6. The number of allylic oxidation sites excluding steroid dienone is 3. The van der Waals surface area contributed by atoms with Gasteiger partial charge in [0.25, 0.3) is 15.9 Å². The third-order valence-electron chi connectivity index (χ3n) is 1.34. The van der Waals surface area contributed by atoms with Crippen LogP contribution < -0.4 is 29.6 Å². The summed E-state index contributed by atoms with van der Waals surface area (Å²) in [6, 6.07) is 0. The van der Waals surface area contributed by atoms with Crippen molar-refractivity contribution >= 4 is 21.6 Å². The standard InChI is InChI=1S/C6H4N2O4S.Na.H/c7-8-5-3-4(13(10,11)12)1-2-6(5)9;;/h1-3H,(H,10,11,12);;/q;+1;-1. The van der Waals surface area contributed by atoms with Crippen LogP contribution in [0, 0.1) is 0 Å². The largest absolute Gasteiger partial charge is 1.00 e. The van der Waals surface area contributed by atoms with Crippen molar-refractivity contribution in [3.8, 4) is 0 Å². The monoisotopic (exact) mass is 224 g/mol. The SMILES string of the molecule is [H-].[N-]=[N+]=C1C=C(S(=O)(=O)O)C=CC1=O.[Na+].